The first-order chi connectivity index (χ1) is 9.88. The van der Waals surface area contributed by atoms with Gasteiger partial charge in [-0.2, -0.15) is 0 Å². The predicted molar refractivity (Wildman–Crippen MR) is 79.7 cm³/mol. The summed E-state index contributed by atoms with van der Waals surface area (Å²) >= 11 is 0. The number of ether oxygens (including phenoxy) is 1. The fourth-order valence-electron chi connectivity index (χ4n) is 2.89. The molecule has 3 rings (SSSR count). The number of pyridine rings is 1. The SMILES string of the molecule is CNC1CCCc2c(OCc3ccncc3)cccc21. The van der Waals surface area contributed by atoms with Crippen LogP contribution in [0.2, 0.25) is 0 Å². The van der Waals surface area contributed by atoms with Crippen molar-refractivity contribution in [3.8, 4) is 5.75 Å². The summed E-state index contributed by atoms with van der Waals surface area (Å²) in [6.07, 6.45) is 7.14. The van der Waals surface area contributed by atoms with Crippen LogP contribution in [0.3, 0.4) is 0 Å². The van der Waals surface area contributed by atoms with E-state index >= 15 is 0 Å². The Balaban J connectivity index is 1.80. The van der Waals surface area contributed by atoms with Crippen LogP contribution in [0.25, 0.3) is 0 Å². The molecular formula is C17H20N2O. The maximum absolute atomic E-state index is 6.03. The molecule has 1 N–H and O–H groups in total. The van der Waals surface area contributed by atoms with Crippen LogP contribution in [0.4, 0.5) is 0 Å². The van der Waals surface area contributed by atoms with E-state index in [1.54, 1.807) is 12.4 Å². The van der Waals surface area contributed by atoms with Gasteiger partial charge in [-0.15, -0.1) is 0 Å². The average molecular weight is 268 g/mol. The Morgan fingerprint density at radius 1 is 1.25 bits per heavy atom. The second kappa shape index (κ2) is 6.06. The molecule has 1 atom stereocenters. The number of benzene rings is 1. The van der Waals surface area contributed by atoms with Crippen LogP contribution in [0, 0.1) is 0 Å². The molecular weight excluding hydrogens is 248 g/mol. The third kappa shape index (κ3) is 2.68. The molecule has 3 nitrogen and oxygen atoms in total. The van der Waals surface area contributed by atoms with Crippen molar-refractivity contribution in [2.24, 2.45) is 0 Å². The van der Waals surface area contributed by atoms with E-state index in [0.29, 0.717) is 12.6 Å². The summed E-state index contributed by atoms with van der Waals surface area (Å²) in [5.74, 6) is 1.03. The molecule has 0 amide bonds. The molecule has 0 aliphatic heterocycles. The summed E-state index contributed by atoms with van der Waals surface area (Å²) in [4.78, 5) is 4.03. The summed E-state index contributed by atoms with van der Waals surface area (Å²) < 4.78 is 6.03. The second-order valence-electron chi connectivity index (χ2n) is 5.20. The third-order valence-corrected chi connectivity index (χ3v) is 3.96. The molecule has 0 saturated carbocycles. The number of aromatic nitrogens is 1. The van der Waals surface area contributed by atoms with E-state index in [9.17, 15) is 0 Å². The standard InChI is InChI=1S/C17H20N2O/c1-18-16-6-2-5-15-14(16)4-3-7-17(15)20-12-13-8-10-19-11-9-13/h3-4,7-11,16,18H,2,5-6,12H2,1H3. The van der Waals surface area contributed by atoms with Crippen molar-refractivity contribution < 1.29 is 4.74 Å². The summed E-state index contributed by atoms with van der Waals surface area (Å²) in [5, 5.41) is 3.40. The van der Waals surface area contributed by atoms with E-state index < -0.39 is 0 Å². The van der Waals surface area contributed by atoms with Crippen LogP contribution in [0.1, 0.15) is 35.6 Å². The van der Waals surface area contributed by atoms with Crippen LogP contribution >= 0.6 is 0 Å². The minimum absolute atomic E-state index is 0.461. The molecule has 0 spiro atoms. The average Bonchev–Trinajstić information content (AvgIpc) is 2.53. The van der Waals surface area contributed by atoms with Crippen molar-refractivity contribution in [1.82, 2.24) is 10.3 Å². The van der Waals surface area contributed by atoms with Crippen molar-refractivity contribution >= 4 is 0 Å². The van der Waals surface area contributed by atoms with Gasteiger partial charge in [-0.1, -0.05) is 12.1 Å². The van der Waals surface area contributed by atoms with E-state index in [1.807, 2.05) is 19.2 Å². The molecule has 0 fully saturated rings. The van der Waals surface area contributed by atoms with Crippen LogP contribution in [-0.4, -0.2) is 12.0 Å². The first-order valence-corrected chi connectivity index (χ1v) is 7.19. The quantitative estimate of drug-likeness (QED) is 0.924. The lowest BCUT2D eigenvalue weighted by Gasteiger charge is -2.26. The summed E-state index contributed by atoms with van der Waals surface area (Å²) in [7, 11) is 2.03. The van der Waals surface area contributed by atoms with Crippen molar-refractivity contribution in [2.75, 3.05) is 7.05 Å². The first-order valence-electron chi connectivity index (χ1n) is 7.19. The maximum atomic E-state index is 6.03. The molecule has 0 radical (unpaired) electrons. The highest BCUT2D eigenvalue weighted by Crippen LogP contribution is 2.35. The number of hydrogen-bond donors (Lipinski definition) is 1. The van der Waals surface area contributed by atoms with Crippen molar-refractivity contribution in [2.45, 2.75) is 31.9 Å². The van der Waals surface area contributed by atoms with Gasteiger partial charge in [-0.3, -0.25) is 4.98 Å². The monoisotopic (exact) mass is 268 g/mol. The van der Waals surface area contributed by atoms with Gasteiger partial charge in [-0.05, 0) is 61.2 Å². The zero-order valence-electron chi connectivity index (χ0n) is 11.8. The van der Waals surface area contributed by atoms with Gasteiger partial charge in [0, 0.05) is 18.4 Å². The van der Waals surface area contributed by atoms with Gasteiger partial charge in [0.1, 0.15) is 12.4 Å². The molecule has 1 aromatic heterocycles. The number of hydrogen-bond acceptors (Lipinski definition) is 3. The van der Waals surface area contributed by atoms with Crippen LogP contribution in [-0.2, 0) is 13.0 Å². The van der Waals surface area contributed by atoms with E-state index in [4.69, 9.17) is 4.74 Å². The van der Waals surface area contributed by atoms with Crippen LogP contribution in [0.15, 0.2) is 42.7 Å². The molecule has 0 saturated heterocycles. The normalized spacial score (nSPS) is 17.6. The smallest absolute Gasteiger partial charge is 0.123 e. The zero-order valence-corrected chi connectivity index (χ0v) is 11.8. The highest BCUT2D eigenvalue weighted by Gasteiger charge is 2.21. The van der Waals surface area contributed by atoms with E-state index in [-0.39, 0.29) is 0 Å². The van der Waals surface area contributed by atoms with E-state index in [0.717, 1.165) is 17.7 Å². The Morgan fingerprint density at radius 3 is 2.90 bits per heavy atom. The third-order valence-electron chi connectivity index (χ3n) is 3.96. The fraction of sp³-hybridized carbons (Fsp3) is 0.353. The van der Waals surface area contributed by atoms with Crippen molar-refractivity contribution in [3.63, 3.8) is 0 Å². The number of rotatable bonds is 4. The number of fused-ring (bicyclic) bond motifs is 1. The molecule has 20 heavy (non-hydrogen) atoms. The van der Waals surface area contributed by atoms with Crippen molar-refractivity contribution in [1.29, 1.82) is 0 Å². The van der Waals surface area contributed by atoms with Gasteiger partial charge in [0.05, 0.1) is 0 Å². The molecule has 1 unspecified atom stereocenters. The summed E-state index contributed by atoms with van der Waals surface area (Å²) in [6, 6.07) is 10.8. The topological polar surface area (TPSA) is 34.1 Å². The number of nitrogens with zero attached hydrogens (tertiary/aromatic N) is 1. The Morgan fingerprint density at radius 2 is 2.10 bits per heavy atom. The van der Waals surface area contributed by atoms with Gasteiger partial charge < -0.3 is 10.1 Å². The van der Waals surface area contributed by atoms with Gasteiger partial charge >= 0.3 is 0 Å². The Hall–Kier alpha value is -1.87. The lowest BCUT2D eigenvalue weighted by atomic mass is 9.87. The van der Waals surface area contributed by atoms with Crippen LogP contribution in [0.5, 0.6) is 5.75 Å². The van der Waals surface area contributed by atoms with E-state index in [1.165, 1.54) is 24.0 Å². The molecule has 1 heterocycles. The Bertz CT molecular complexity index is 568. The molecule has 104 valence electrons. The molecule has 2 aromatic rings. The van der Waals surface area contributed by atoms with Crippen molar-refractivity contribution in [3.05, 3.63) is 59.4 Å². The highest BCUT2D eigenvalue weighted by molar-refractivity contribution is 5.43. The van der Waals surface area contributed by atoms with E-state index in [2.05, 4.69) is 28.5 Å². The van der Waals surface area contributed by atoms with Gasteiger partial charge in [-0.25, -0.2) is 0 Å². The highest BCUT2D eigenvalue weighted by atomic mass is 16.5. The van der Waals surface area contributed by atoms with Crippen LogP contribution < -0.4 is 10.1 Å². The first kappa shape index (κ1) is 13.1. The molecule has 3 heteroatoms. The predicted octanol–water partition coefficient (Wildman–Crippen LogP) is 3.26. The fourth-order valence-corrected chi connectivity index (χ4v) is 2.89. The molecule has 1 aliphatic rings. The lowest BCUT2D eigenvalue weighted by Crippen LogP contribution is -2.22. The zero-order chi connectivity index (χ0) is 13.8. The molecule has 1 aliphatic carbocycles. The Labute approximate surface area is 120 Å². The largest absolute Gasteiger partial charge is 0.489 e. The maximum Gasteiger partial charge on any atom is 0.123 e. The minimum atomic E-state index is 0.461. The Kier molecular flexibility index (Phi) is 3.97. The molecule has 0 bridgehead atoms. The van der Waals surface area contributed by atoms with Gasteiger partial charge in [0.15, 0.2) is 0 Å². The summed E-state index contributed by atoms with van der Waals surface area (Å²) in [6.45, 7) is 0.600. The van der Waals surface area contributed by atoms with Gasteiger partial charge in [0.25, 0.3) is 0 Å². The second-order valence-corrected chi connectivity index (χ2v) is 5.20. The minimum Gasteiger partial charge on any atom is -0.489 e. The van der Waals surface area contributed by atoms with Gasteiger partial charge in [0.2, 0.25) is 0 Å². The molecule has 1 aromatic carbocycles. The summed E-state index contributed by atoms with van der Waals surface area (Å²) in [5.41, 5.74) is 3.91. The lowest BCUT2D eigenvalue weighted by molar-refractivity contribution is 0.299. The number of nitrogens with one attached hydrogen (secondary N) is 1.